The van der Waals surface area contributed by atoms with Crippen LogP contribution in [0, 0.1) is 5.92 Å². The molecule has 0 spiro atoms. The van der Waals surface area contributed by atoms with Gasteiger partial charge in [0.2, 0.25) is 0 Å². The molecule has 0 radical (unpaired) electrons. The molecule has 90 valence electrons. The third-order valence-corrected chi connectivity index (χ3v) is 3.35. The van der Waals surface area contributed by atoms with Gasteiger partial charge in [0, 0.05) is 12.6 Å². The molecule has 0 aromatic carbocycles. The van der Waals surface area contributed by atoms with Gasteiger partial charge in [-0.15, -0.1) is 0 Å². The number of imide groups is 1. The summed E-state index contributed by atoms with van der Waals surface area (Å²) in [7, 11) is 0. The maximum atomic E-state index is 12.1. The quantitative estimate of drug-likeness (QED) is 0.686. The summed E-state index contributed by atoms with van der Waals surface area (Å²) in [6.07, 6.45) is 4.28. The van der Waals surface area contributed by atoms with Crippen LogP contribution < -0.4 is 0 Å². The Morgan fingerprint density at radius 1 is 1.25 bits per heavy atom. The standard InChI is InChI=1S/C12H20N2O2/c1-9(2)7-13-8-11(15)14(12(13)16)10-5-3-4-6-10/h9-10H,3-8H2,1-2H3. The van der Waals surface area contributed by atoms with Crippen molar-refractivity contribution in [3.63, 3.8) is 0 Å². The van der Waals surface area contributed by atoms with Crippen LogP contribution in [-0.4, -0.2) is 40.9 Å². The smallest absolute Gasteiger partial charge is 0.315 e. The van der Waals surface area contributed by atoms with E-state index in [9.17, 15) is 9.59 Å². The van der Waals surface area contributed by atoms with E-state index in [1.807, 2.05) is 0 Å². The van der Waals surface area contributed by atoms with Crippen LogP contribution >= 0.6 is 0 Å². The van der Waals surface area contributed by atoms with Gasteiger partial charge in [0.05, 0.1) is 0 Å². The second-order valence-corrected chi connectivity index (χ2v) is 5.26. The lowest BCUT2D eigenvalue weighted by Gasteiger charge is -2.23. The Morgan fingerprint density at radius 3 is 2.44 bits per heavy atom. The third kappa shape index (κ3) is 2.06. The number of hydrogen-bond acceptors (Lipinski definition) is 2. The van der Waals surface area contributed by atoms with Crippen molar-refractivity contribution >= 4 is 11.9 Å². The number of amides is 3. The molecule has 2 aliphatic rings. The highest BCUT2D eigenvalue weighted by molar-refractivity contribution is 6.02. The molecule has 0 atom stereocenters. The molecule has 1 heterocycles. The molecule has 1 aliphatic heterocycles. The largest absolute Gasteiger partial charge is 0.327 e. The van der Waals surface area contributed by atoms with Gasteiger partial charge in [-0.3, -0.25) is 9.69 Å². The van der Waals surface area contributed by atoms with Gasteiger partial charge in [-0.2, -0.15) is 0 Å². The Kier molecular flexibility index (Phi) is 3.17. The molecular weight excluding hydrogens is 204 g/mol. The summed E-state index contributed by atoms with van der Waals surface area (Å²) >= 11 is 0. The van der Waals surface area contributed by atoms with Crippen molar-refractivity contribution in [3.8, 4) is 0 Å². The molecule has 3 amide bonds. The van der Waals surface area contributed by atoms with Gasteiger partial charge >= 0.3 is 6.03 Å². The minimum atomic E-state index is -0.0643. The Morgan fingerprint density at radius 2 is 1.88 bits per heavy atom. The van der Waals surface area contributed by atoms with E-state index in [0.717, 1.165) is 25.7 Å². The SMILES string of the molecule is CC(C)CN1CC(=O)N(C2CCCC2)C1=O. The van der Waals surface area contributed by atoms with Gasteiger partial charge < -0.3 is 4.90 Å². The summed E-state index contributed by atoms with van der Waals surface area (Å²) in [6.45, 7) is 5.10. The topological polar surface area (TPSA) is 40.6 Å². The molecule has 1 saturated carbocycles. The van der Waals surface area contributed by atoms with Crippen molar-refractivity contribution in [1.82, 2.24) is 9.80 Å². The second kappa shape index (κ2) is 4.44. The molecule has 1 saturated heterocycles. The summed E-state index contributed by atoms with van der Waals surface area (Å²) in [5.41, 5.74) is 0. The molecule has 2 fully saturated rings. The first kappa shape index (κ1) is 11.4. The minimum absolute atomic E-state index is 0.00227. The molecule has 0 aromatic heterocycles. The fraction of sp³-hybridized carbons (Fsp3) is 0.833. The van der Waals surface area contributed by atoms with E-state index in [1.165, 1.54) is 4.90 Å². The maximum Gasteiger partial charge on any atom is 0.327 e. The van der Waals surface area contributed by atoms with E-state index in [4.69, 9.17) is 0 Å². The summed E-state index contributed by atoms with van der Waals surface area (Å²) in [6, 6.07) is 0.114. The lowest BCUT2D eigenvalue weighted by atomic mass is 10.2. The van der Waals surface area contributed by atoms with E-state index < -0.39 is 0 Å². The van der Waals surface area contributed by atoms with Gasteiger partial charge in [0.15, 0.2) is 0 Å². The van der Waals surface area contributed by atoms with Crippen LogP contribution in [-0.2, 0) is 4.79 Å². The fourth-order valence-corrected chi connectivity index (χ4v) is 2.67. The first-order chi connectivity index (χ1) is 7.59. The minimum Gasteiger partial charge on any atom is -0.315 e. The van der Waals surface area contributed by atoms with Crippen molar-refractivity contribution in [2.45, 2.75) is 45.6 Å². The molecular formula is C12H20N2O2. The molecule has 4 heteroatoms. The van der Waals surface area contributed by atoms with Crippen LogP contribution in [0.15, 0.2) is 0 Å². The summed E-state index contributed by atoms with van der Waals surface area (Å²) in [5, 5.41) is 0. The number of nitrogens with zero attached hydrogens (tertiary/aromatic N) is 2. The molecule has 2 rings (SSSR count). The van der Waals surface area contributed by atoms with E-state index in [1.54, 1.807) is 4.90 Å². The molecule has 16 heavy (non-hydrogen) atoms. The lowest BCUT2D eigenvalue weighted by Crippen LogP contribution is -2.40. The number of urea groups is 1. The Bertz CT molecular complexity index is 295. The first-order valence-corrected chi connectivity index (χ1v) is 6.20. The molecule has 0 aromatic rings. The average molecular weight is 224 g/mol. The highest BCUT2D eigenvalue weighted by Gasteiger charge is 2.41. The molecule has 0 bridgehead atoms. The zero-order chi connectivity index (χ0) is 11.7. The third-order valence-electron chi connectivity index (χ3n) is 3.35. The van der Waals surface area contributed by atoms with E-state index in [2.05, 4.69) is 13.8 Å². The highest BCUT2D eigenvalue weighted by atomic mass is 16.2. The molecule has 4 nitrogen and oxygen atoms in total. The summed E-state index contributed by atoms with van der Waals surface area (Å²) in [4.78, 5) is 27.1. The Hall–Kier alpha value is -1.06. The monoisotopic (exact) mass is 224 g/mol. The van der Waals surface area contributed by atoms with Crippen molar-refractivity contribution in [2.24, 2.45) is 5.92 Å². The predicted molar refractivity (Wildman–Crippen MR) is 60.9 cm³/mol. The lowest BCUT2D eigenvalue weighted by molar-refractivity contribution is -0.126. The number of hydrogen-bond donors (Lipinski definition) is 0. The van der Waals surface area contributed by atoms with Crippen LogP contribution in [0.1, 0.15) is 39.5 Å². The van der Waals surface area contributed by atoms with Crippen LogP contribution in [0.2, 0.25) is 0 Å². The molecule has 1 aliphatic carbocycles. The van der Waals surface area contributed by atoms with Gasteiger partial charge in [0.25, 0.3) is 5.91 Å². The molecule has 0 unspecified atom stereocenters. The van der Waals surface area contributed by atoms with Crippen LogP contribution in [0.4, 0.5) is 4.79 Å². The van der Waals surface area contributed by atoms with Crippen molar-refractivity contribution in [3.05, 3.63) is 0 Å². The van der Waals surface area contributed by atoms with Gasteiger partial charge in [-0.1, -0.05) is 26.7 Å². The van der Waals surface area contributed by atoms with Crippen molar-refractivity contribution < 1.29 is 9.59 Å². The number of carbonyl (C=O) groups is 2. The number of rotatable bonds is 3. The normalized spacial score (nSPS) is 22.9. The van der Waals surface area contributed by atoms with E-state index >= 15 is 0 Å². The Balaban J connectivity index is 2.04. The van der Waals surface area contributed by atoms with Crippen LogP contribution in [0.5, 0.6) is 0 Å². The predicted octanol–water partition coefficient (Wildman–Crippen LogP) is 1.85. The zero-order valence-electron chi connectivity index (χ0n) is 10.1. The van der Waals surface area contributed by atoms with Gasteiger partial charge in [0.1, 0.15) is 6.54 Å². The van der Waals surface area contributed by atoms with Gasteiger partial charge in [-0.25, -0.2) is 4.79 Å². The van der Waals surface area contributed by atoms with Gasteiger partial charge in [-0.05, 0) is 18.8 Å². The summed E-state index contributed by atoms with van der Waals surface area (Å²) in [5.74, 6) is 0.415. The zero-order valence-corrected chi connectivity index (χ0v) is 10.1. The first-order valence-electron chi connectivity index (χ1n) is 6.20. The average Bonchev–Trinajstić information content (AvgIpc) is 2.76. The molecule has 0 N–H and O–H groups in total. The van der Waals surface area contributed by atoms with E-state index in [-0.39, 0.29) is 24.5 Å². The highest BCUT2D eigenvalue weighted by Crippen LogP contribution is 2.27. The van der Waals surface area contributed by atoms with Crippen LogP contribution in [0.25, 0.3) is 0 Å². The Labute approximate surface area is 96.6 Å². The van der Waals surface area contributed by atoms with Crippen molar-refractivity contribution in [2.75, 3.05) is 13.1 Å². The second-order valence-electron chi connectivity index (χ2n) is 5.26. The maximum absolute atomic E-state index is 12.1. The van der Waals surface area contributed by atoms with E-state index in [0.29, 0.717) is 12.5 Å². The summed E-state index contributed by atoms with van der Waals surface area (Å²) < 4.78 is 0. The fourth-order valence-electron chi connectivity index (χ4n) is 2.67. The van der Waals surface area contributed by atoms with Crippen LogP contribution in [0.3, 0.4) is 0 Å². The number of carbonyl (C=O) groups excluding carboxylic acids is 2. The van der Waals surface area contributed by atoms with Crippen molar-refractivity contribution in [1.29, 1.82) is 0 Å².